The summed E-state index contributed by atoms with van der Waals surface area (Å²) in [5.41, 5.74) is 7.24. The van der Waals surface area contributed by atoms with Crippen LogP contribution in [-0.2, 0) is 6.42 Å². The molecule has 1 aromatic heterocycles. The average molecular weight is 297 g/mol. The van der Waals surface area contributed by atoms with Crippen molar-refractivity contribution in [3.05, 3.63) is 71.9 Å². The van der Waals surface area contributed by atoms with Crippen LogP contribution in [0.2, 0.25) is 0 Å². The van der Waals surface area contributed by atoms with Crippen LogP contribution in [0.3, 0.4) is 0 Å². The molecule has 2 aromatic carbocycles. The molecule has 0 aliphatic rings. The molecule has 1 atom stereocenters. The highest BCUT2D eigenvalue weighted by Crippen LogP contribution is 2.23. The van der Waals surface area contributed by atoms with Crippen LogP contribution in [-0.4, -0.2) is 16.7 Å². The van der Waals surface area contributed by atoms with E-state index in [1.54, 1.807) is 18.2 Å². The average Bonchev–Trinajstić information content (AvgIpc) is 3.03. The summed E-state index contributed by atoms with van der Waals surface area (Å²) in [4.78, 5) is 4.37. The highest BCUT2D eigenvalue weighted by Gasteiger charge is 2.18. The molecule has 1 unspecified atom stereocenters. The quantitative estimate of drug-likeness (QED) is 0.785. The van der Waals surface area contributed by atoms with Gasteiger partial charge in [0.2, 0.25) is 11.7 Å². The zero-order valence-electron chi connectivity index (χ0n) is 11.9. The molecule has 0 amide bonds. The van der Waals surface area contributed by atoms with Crippen molar-refractivity contribution in [2.75, 3.05) is 6.54 Å². The van der Waals surface area contributed by atoms with Gasteiger partial charge in [-0.2, -0.15) is 4.98 Å². The van der Waals surface area contributed by atoms with Gasteiger partial charge in [0.25, 0.3) is 0 Å². The molecule has 1 heterocycles. The molecule has 0 saturated heterocycles. The van der Waals surface area contributed by atoms with Crippen LogP contribution in [0.4, 0.5) is 4.39 Å². The smallest absolute Gasteiger partial charge is 0.227 e. The van der Waals surface area contributed by atoms with Gasteiger partial charge in [-0.05, 0) is 18.2 Å². The topological polar surface area (TPSA) is 64.9 Å². The van der Waals surface area contributed by atoms with Crippen molar-refractivity contribution in [2.24, 2.45) is 5.73 Å². The molecule has 0 radical (unpaired) electrons. The zero-order chi connectivity index (χ0) is 15.4. The Labute approximate surface area is 127 Å². The lowest BCUT2D eigenvalue weighted by atomic mass is 9.95. The summed E-state index contributed by atoms with van der Waals surface area (Å²) in [5.74, 6) is 0.531. The van der Waals surface area contributed by atoms with E-state index in [1.165, 1.54) is 6.07 Å². The van der Waals surface area contributed by atoms with E-state index < -0.39 is 0 Å². The largest absolute Gasteiger partial charge is 0.339 e. The van der Waals surface area contributed by atoms with Crippen molar-refractivity contribution in [1.29, 1.82) is 0 Å². The Balaban J connectivity index is 1.81. The SMILES string of the molecule is NCC(Cc1nc(-c2ccccc2)no1)c1ccccc1F. The number of hydrogen-bond donors (Lipinski definition) is 1. The summed E-state index contributed by atoms with van der Waals surface area (Å²) in [6, 6.07) is 16.2. The molecule has 112 valence electrons. The van der Waals surface area contributed by atoms with Crippen molar-refractivity contribution in [1.82, 2.24) is 10.1 Å². The van der Waals surface area contributed by atoms with E-state index in [4.69, 9.17) is 10.3 Å². The Morgan fingerprint density at radius 2 is 1.77 bits per heavy atom. The van der Waals surface area contributed by atoms with Crippen LogP contribution in [0, 0.1) is 5.82 Å². The second-order valence-electron chi connectivity index (χ2n) is 5.04. The first kappa shape index (κ1) is 14.4. The molecular formula is C17H16FN3O. The zero-order valence-corrected chi connectivity index (χ0v) is 11.9. The van der Waals surface area contributed by atoms with Gasteiger partial charge in [-0.25, -0.2) is 4.39 Å². The number of nitrogens with two attached hydrogens (primary N) is 1. The van der Waals surface area contributed by atoms with E-state index in [-0.39, 0.29) is 11.7 Å². The maximum absolute atomic E-state index is 13.9. The Morgan fingerprint density at radius 1 is 1.05 bits per heavy atom. The Morgan fingerprint density at radius 3 is 2.50 bits per heavy atom. The van der Waals surface area contributed by atoms with Gasteiger partial charge in [-0.1, -0.05) is 53.7 Å². The van der Waals surface area contributed by atoms with E-state index >= 15 is 0 Å². The Kier molecular flexibility index (Phi) is 4.25. The minimum atomic E-state index is -0.263. The lowest BCUT2D eigenvalue weighted by Gasteiger charge is -2.13. The number of rotatable bonds is 5. The molecule has 0 aliphatic heterocycles. The van der Waals surface area contributed by atoms with Gasteiger partial charge in [-0.15, -0.1) is 0 Å². The molecule has 4 nitrogen and oxygen atoms in total. The van der Waals surface area contributed by atoms with E-state index in [2.05, 4.69) is 10.1 Å². The summed E-state index contributed by atoms with van der Waals surface area (Å²) < 4.78 is 19.2. The fourth-order valence-corrected chi connectivity index (χ4v) is 2.38. The van der Waals surface area contributed by atoms with Crippen molar-refractivity contribution in [3.63, 3.8) is 0 Å². The number of aromatic nitrogens is 2. The Bertz CT molecular complexity index is 742. The second-order valence-corrected chi connectivity index (χ2v) is 5.04. The molecule has 0 saturated carbocycles. The molecule has 3 rings (SSSR count). The van der Waals surface area contributed by atoms with E-state index in [0.29, 0.717) is 30.2 Å². The number of halogens is 1. The fraction of sp³-hybridized carbons (Fsp3) is 0.176. The summed E-state index contributed by atoms with van der Waals surface area (Å²) in [6.07, 6.45) is 0.414. The molecule has 0 fully saturated rings. The number of nitrogens with zero attached hydrogens (tertiary/aromatic N) is 2. The maximum atomic E-state index is 13.9. The Hall–Kier alpha value is -2.53. The minimum absolute atomic E-state index is 0.190. The molecule has 0 spiro atoms. The monoisotopic (exact) mass is 297 g/mol. The molecule has 5 heteroatoms. The molecule has 3 aromatic rings. The number of benzene rings is 2. The van der Waals surface area contributed by atoms with Gasteiger partial charge < -0.3 is 10.3 Å². The minimum Gasteiger partial charge on any atom is -0.339 e. The van der Waals surface area contributed by atoms with Gasteiger partial charge >= 0.3 is 0 Å². The highest BCUT2D eigenvalue weighted by atomic mass is 19.1. The predicted octanol–water partition coefficient (Wildman–Crippen LogP) is 3.16. The second kappa shape index (κ2) is 6.49. The van der Waals surface area contributed by atoms with Crippen LogP contribution >= 0.6 is 0 Å². The third kappa shape index (κ3) is 3.04. The van der Waals surface area contributed by atoms with Gasteiger partial charge in [0, 0.05) is 17.9 Å². The van der Waals surface area contributed by atoms with Crippen molar-refractivity contribution >= 4 is 0 Å². The van der Waals surface area contributed by atoms with Crippen LogP contribution in [0.1, 0.15) is 17.4 Å². The highest BCUT2D eigenvalue weighted by molar-refractivity contribution is 5.53. The first-order valence-corrected chi connectivity index (χ1v) is 7.10. The van der Waals surface area contributed by atoms with E-state index in [9.17, 15) is 4.39 Å². The lowest BCUT2D eigenvalue weighted by molar-refractivity contribution is 0.368. The van der Waals surface area contributed by atoms with Crippen LogP contribution in [0.15, 0.2) is 59.1 Å². The summed E-state index contributed by atoms with van der Waals surface area (Å²) in [6.45, 7) is 0.310. The molecule has 22 heavy (non-hydrogen) atoms. The molecule has 0 aliphatic carbocycles. The van der Waals surface area contributed by atoms with Crippen molar-refractivity contribution < 1.29 is 8.91 Å². The fourth-order valence-electron chi connectivity index (χ4n) is 2.38. The van der Waals surface area contributed by atoms with Gasteiger partial charge in [0.05, 0.1) is 0 Å². The van der Waals surface area contributed by atoms with E-state index in [0.717, 1.165) is 5.56 Å². The van der Waals surface area contributed by atoms with E-state index in [1.807, 2.05) is 30.3 Å². The van der Waals surface area contributed by atoms with Crippen molar-refractivity contribution in [3.8, 4) is 11.4 Å². The van der Waals surface area contributed by atoms with Crippen LogP contribution in [0.25, 0.3) is 11.4 Å². The van der Waals surface area contributed by atoms with Gasteiger partial charge in [-0.3, -0.25) is 0 Å². The van der Waals surface area contributed by atoms with Gasteiger partial charge in [0.1, 0.15) is 5.82 Å². The molecule has 2 N–H and O–H groups in total. The summed E-state index contributed by atoms with van der Waals surface area (Å²) in [7, 11) is 0. The van der Waals surface area contributed by atoms with Crippen LogP contribution in [0.5, 0.6) is 0 Å². The maximum Gasteiger partial charge on any atom is 0.227 e. The molecule has 0 bridgehead atoms. The summed E-state index contributed by atoms with van der Waals surface area (Å²) >= 11 is 0. The normalized spacial score (nSPS) is 12.3. The third-order valence-corrected chi connectivity index (χ3v) is 3.55. The predicted molar refractivity (Wildman–Crippen MR) is 81.6 cm³/mol. The molecular weight excluding hydrogens is 281 g/mol. The first-order chi connectivity index (χ1) is 10.8. The lowest BCUT2D eigenvalue weighted by Crippen LogP contribution is -2.16. The first-order valence-electron chi connectivity index (χ1n) is 7.10. The van der Waals surface area contributed by atoms with Crippen LogP contribution < -0.4 is 5.73 Å². The third-order valence-electron chi connectivity index (χ3n) is 3.55. The number of hydrogen-bond acceptors (Lipinski definition) is 4. The van der Waals surface area contributed by atoms with Crippen molar-refractivity contribution in [2.45, 2.75) is 12.3 Å². The summed E-state index contributed by atoms with van der Waals surface area (Å²) in [5, 5.41) is 3.97. The standard InChI is InChI=1S/C17H16FN3O/c18-15-9-5-4-8-14(15)13(11-19)10-16-20-17(21-22-16)12-6-2-1-3-7-12/h1-9,13H,10-11,19H2. The van der Waals surface area contributed by atoms with Gasteiger partial charge in [0.15, 0.2) is 0 Å².